The predicted molar refractivity (Wildman–Crippen MR) is 86.8 cm³/mol. The van der Waals surface area contributed by atoms with Crippen LogP contribution in [0.15, 0.2) is 60.9 Å². The van der Waals surface area contributed by atoms with Crippen LogP contribution in [0.2, 0.25) is 0 Å². The second-order valence-electron chi connectivity index (χ2n) is 5.74. The van der Waals surface area contributed by atoms with Crippen LogP contribution in [0.25, 0.3) is 0 Å². The van der Waals surface area contributed by atoms with Gasteiger partial charge in [-0.3, -0.25) is 0 Å². The normalized spacial score (nSPS) is 20.2. The summed E-state index contributed by atoms with van der Waals surface area (Å²) in [6.07, 6.45) is 2.59. The van der Waals surface area contributed by atoms with Gasteiger partial charge in [0.25, 0.3) is 0 Å². The number of fused-ring (bicyclic) bond motifs is 1. The van der Waals surface area contributed by atoms with E-state index in [0.717, 1.165) is 12.4 Å². The zero-order valence-electron chi connectivity index (χ0n) is 12.5. The molecule has 0 spiro atoms. The van der Waals surface area contributed by atoms with Crippen molar-refractivity contribution in [2.45, 2.75) is 25.4 Å². The zero-order valence-corrected chi connectivity index (χ0v) is 12.5. The molecule has 2 heterocycles. The summed E-state index contributed by atoms with van der Waals surface area (Å²) in [7, 11) is 0. The van der Waals surface area contributed by atoms with Crippen molar-refractivity contribution in [2.75, 3.05) is 5.32 Å². The lowest BCUT2D eigenvalue weighted by Crippen LogP contribution is -2.28. The summed E-state index contributed by atoms with van der Waals surface area (Å²) in [5.41, 5.74) is 3.90. The van der Waals surface area contributed by atoms with Crippen LogP contribution in [0.5, 0.6) is 0 Å². The molecule has 3 aromatic rings. The summed E-state index contributed by atoms with van der Waals surface area (Å²) < 4.78 is 2.00. The summed E-state index contributed by atoms with van der Waals surface area (Å²) in [5, 5.41) is 7.93. The van der Waals surface area contributed by atoms with Gasteiger partial charge in [-0.15, -0.1) is 0 Å². The number of nitrogens with one attached hydrogen (secondary N) is 1. The highest BCUT2D eigenvalue weighted by Gasteiger charge is 2.30. The number of rotatable bonds is 2. The molecule has 0 amide bonds. The average molecular weight is 290 g/mol. The number of nitrogens with zero attached hydrogens (tertiary/aromatic N) is 3. The molecular formula is C18H18N4. The fourth-order valence-corrected chi connectivity index (χ4v) is 3.24. The van der Waals surface area contributed by atoms with Crippen LogP contribution in [-0.2, 0) is 0 Å². The van der Waals surface area contributed by atoms with Crippen LogP contribution in [0.4, 0.5) is 5.95 Å². The number of aryl methyl sites for hydroxylation is 1. The summed E-state index contributed by atoms with van der Waals surface area (Å²) in [6.45, 7) is 2.16. The second-order valence-corrected chi connectivity index (χ2v) is 5.74. The Morgan fingerprint density at radius 3 is 2.64 bits per heavy atom. The van der Waals surface area contributed by atoms with Crippen LogP contribution in [0, 0.1) is 6.92 Å². The van der Waals surface area contributed by atoms with Crippen LogP contribution in [0.3, 0.4) is 0 Å². The predicted octanol–water partition coefficient (Wildman–Crippen LogP) is 3.73. The third-order valence-corrected chi connectivity index (χ3v) is 4.38. The van der Waals surface area contributed by atoms with Crippen molar-refractivity contribution in [1.82, 2.24) is 14.8 Å². The minimum Gasteiger partial charge on any atom is -0.348 e. The van der Waals surface area contributed by atoms with Crippen molar-refractivity contribution in [3.05, 3.63) is 77.6 Å². The van der Waals surface area contributed by atoms with Crippen molar-refractivity contribution in [3.8, 4) is 0 Å². The van der Waals surface area contributed by atoms with Crippen LogP contribution in [0.1, 0.15) is 35.2 Å². The molecule has 22 heavy (non-hydrogen) atoms. The fraction of sp³-hybridized carbons (Fsp3) is 0.222. The lowest BCUT2D eigenvalue weighted by atomic mass is 9.91. The van der Waals surface area contributed by atoms with E-state index in [1.807, 2.05) is 10.7 Å². The maximum absolute atomic E-state index is 4.43. The minimum absolute atomic E-state index is 0.213. The molecule has 0 radical (unpaired) electrons. The first-order valence-corrected chi connectivity index (χ1v) is 7.59. The molecule has 2 aromatic carbocycles. The van der Waals surface area contributed by atoms with Gasteiger partial charge < -0.3 is 5.32 Å². The number of hydrogen-bond donors (Lipinski definition) is 1. The van der Waals surface area contributed by atoms with Crippen molar-refractivity contribution in [2.24, 2.45) is 0 Å². The molecule has 110 valence electrons. The fourth-order valence-electron chi connectivity index (χ4n) is 3.24. The standard InChI is InChI=1S/C18H18N4/c1-13-7-5-6-10-15(13)17-11-16(14-8-3-2-4-9-14)21-18-19-12-20-22(17)18/h2-10,12,16-17H,11H2,1H3,(H,19,20,21). The summed E-state index contributed by atoms with van der Waals surface area (Å²) in [5.74, 6) is 0.841. The van der Waals surface area contributed by atoms with Crippen LogP contribution in [-0.4, -0.2) is 14.8 Å². The van der Waals surface area contributed by atoms with E-state index >= 15 is 0 Å². The molecule has 1 aromatic heterocycles. The van der Waals surface area contributed by atoms with Crippen molar-refractivity contribution >= 4 is 5.95 Å². The SMILES string of the molecule is Cc1ccccc1C1CC(c2ccccc2)Nc2ncnn21. The van der Waals surface area contributed by atoms with Gasteiger partial charge in [-0.05, 0) is 30.0 Å². The van der Waals surface area contributed by atoms with E-state index in [0.29, 0.717) is 0 Å². The Hall–Kier alpha value is -2.62. The van der Waals surface area contributed by atoms with Gasteiger partial charge in [-0.2, -0.15) is 10.1 Å². The first-order valence-electron chi connectivity index (χ1n) is 7.59. The molecule has 0 saturated carbocycles. The maximum Gasteiger partial charge on any atom is 0.222 e. The lowest BCUT2D eigenvalue weighted by molar-refractivity contribution is 0.429. The van der Waals surface area contributed by atoms with E-state index in [9.17, 15) is 0 Å². The minimum atomic E-state index is 0.213. The molecule has 1 N–H and O–H groups in total. The molecule has 0 bridgehead atoms. The van der Waals surface area contributed by atoms with Crippen molar-refractivity contribution in [3.63, 3.8) is 0 Å². The van der Waals surface area contributed by atoms with Gasteiger partial charge in [0, 0.05) is 0 Å². The quantitative estimate of drug-likeness (QED) is 0.782. The van der Waals surface area contributed by atoms with E-state index in [4.69, 9.17) is 0 Å². The molecule has 4 nitrogen and oxygen atoms in total. The van der Waals surface area contributed by atoms with E-state index in [1.165, 1.54) is 16.7 Å². The van der Waals surface area contributed by atoms with Crippen LogP contribution < -0.4 is 5.32 Å². The molecule has 2 unspecified atom stereocenters. The summed E-state index contributed by atoms with van der Waals surface area (Å²) in [6, 6.07) is 19.5. The number of benzene rings is 2. The highest BCUT2D eigenvalue weighted by Crippen LogP contribution is 2.38. The van der Waals surface area contributed by atoms with Gasteiger partial charge >= 0.3 is 0 Å². The summed E-state index contributed by atoms with van der Waals surface area (Å²) in [4.78, 5) is 4.38. The van der Waals surface area contributed by atoms with Gasteiger partial charge in [0.2, 0.25) is 5.95 Å². The average Bonchev–Trinajstić information content (AvgIpc) is 3.04. The van der Waals surface area contributed by atoms with E-state index in [-0.39, 0.29) is 12.1 Å². The number of hydrogen-bond acceptors (Lipinski definition) is 3. The van der Waals surface area contributed by atoms with Crippen molar-refractivity contribution in [1.29, 1.82) is 0 Å². The first-order chi connectivity index (χ1) is 10.8. The Kier molecular flexibility index (Phi) is 3.15. The largest absolute Gasteiger partial charge is 0.348 e. The Balaban J connectivity index is 1.77. The monoisotopic (exact) mass is 290 g/mol. The van der Waals surface area contributed by atoms with Crippen LogP contribution >= 0.6 is 0 Å². The molecule has 1 aliphatic rings. The highest BCUT2D eigenvalue weighted by molar-refractivity contribution is 5.39. The smallest absolute Gasteiger partial charge is 0.222 e. The lowest BCUT2D eigenvalue weighted by Gasteiger charge is -2.32. The van der Waals surface area contributed by atoms with Gasteiger partial charge in [0.05, 0.1) is 12.1 Å². The third kappa shape index (κ3) is 2.17. The third-order valence-electron chi connectivity index (χ3n) is 4.38. The number of anilines is 1. The Morgan fingerprint density at radius 2 is 1.82 bits per heavy atom. The van der Waals surface area contributed by atoms with Gasteiger partial charge in [-0.1, -0.05) is 54.6 Å². The van der Waals surface area contributed by atoms with Gasteiger partial charge in [0.15, 0.2) is 0 Å². The van der Waals surface area contributed by atoms with Crippen molar-refractivity contribution < 1.29 is 0 Å². The van der Waals surface area contributed by atoms with Gasteiger partial charge in [0.1, 0.15) is 6.33 Å². The molecule has 1 aliphatic heterocycles. The van der Waals surface area contributed by atoms with E-state index in [1.54, 1.807) is 6.33 Å². The molecular weight excluding hydrogens is 272 g/mol. The zero-order chi connectivity index (χ0) is 14.9. The van der Waals surface area contributed by atoms with E-state index < -0.39 is 0 Å². The van der Waals surface area contributed by atoms with Gasteiger partial charge in [-0.25, -0.2) is 4.68 Å². The second kappa shape index (κ2) is 5.30. The molecule has 4 heteroatoms. The Labute approximate surface area is 129 Å². The maximum atomic E-state index is 4.43. The topological polar surface area (TPSA) is 42.7 Å². The Bertz CT molecular complexity index is 779. The molecule has 0 saturated heterocycles. The Morgan fingerprint density at radius 1 is 1.05 bits per heavy atom. The number of aromatic nitrogens is 3. The highest BCUT2D eigenvalue weighted by atomic mass is 15.4. The molecule has 0 fully saturated rings. The molecule has 4 rings (SSSR count). The summed E-state index contributed by atoms with van der Waals surface area (Å²) >= 11 is 0. The van der Waals surface area contributed by atoms with E-state index in [2.05, 4.69) is 70.9 Å². The molecule has 2 atom stereocenters. The molecule has 0 aliphatic carbocycles. The first kappa shape index (κ1) is 13.1.